The Balaban J connectivity index is 1.91. The van der Waals surface area contributed by atoms with E-state index in [1.54, 1.807) is 29.3 Å². The van der Waals surface area contributed by atoms with Crippen molar-refractivity contribution in [2.24, 2.45) is 5.84 Å². The monoisotopic (exact) mass is 332 g/mol. The van der Waals surface area contributed by atoms with Gasteiger partial charge in [-0.1, -0.05) is 0 Å². The van der Waals surface area contributed by atoms with Crippen LogP contribution in [0.25, 0.3) is 5.52 Å². The van der Waals surface area contributed by atoms with Crippen molar-refractivity contribution in [3.8, 4) is 0 Å². The van der Waals surface area contributed by atoms with Gasteiger partial charge in [-0.25, -0.2) is 4.52 Å². The van der Waals surface area contributed by atoms with Gasteiger partial charge in [-0.2, -0.15) is 5.10 Å². The number of nitrogens with two attached hydrogens (primary N) is 1. The summed E-state index contributed by atoms with van der Waals surface area (Å²) < 4.78 is 2.74. The number of nitrogens with zero attached hydrogens (tertiary/aromatic N) is 4. The van der Waals surface area contributed by atoms with E-state index in [9.17, 15) is 0 Å². The number of fused-ring (bicyclic) bond motifs is 1. The summed E-state index contributed by atoms with van der Waals surface area (Å²) in [7, 11) is 0. The fraction of sp³-hybridized carbons (Fsp3) is 0.154. The lowest BCUT2D eigenvalue weighted by Gasteiger charge is -2.14. The van der Waals surface area contributed by atoms with Gasteiger partial charge in [0.05, 0.1) is 24.0 Å². The lowest BCUT2D eigenvalue weighted by molar-refractivity contribution is 0.549. The molecule has 6 nitrogen and oxygen atoms in total. The third-order valence-electron chi connectivity index (χ3n) is 3.13. The van der Waals surface area contributed by atoms with Crippen LogP contribution in [-0.2, 0) is 6.42 Å². The van der Waals surface area contributed by atoms with Crippen LogP contribution in [0.15, 0.2) is 47.6 Å². The summed E-state index contributed by atoms with van der Waals surface area (Å²) in [6.07, 6.45) is 9.55. The van der Waals surface area contributed by atoms with E-state index in [0.29, 0.717) is 6.42 Å². The molecular weight excluding hydrogens is 320 g/mol. The van der Waals surface area contributed by atoms with Crippen molar-refractivity contribution < 1.29 is 0 Å². The smallest absolute Gasteiger partial charge is 0.0893 e. The zero-order valence-electron chi connectivity index (χ0n) is 10.6. The lowest BCUT2D eigenvalue weighted by atomic mass is 10.0. The predicted molar refractivity (Wildman–Crippen MR) is 78.7 cm³/mol. The van der Waals surface area contributed by atoms with Crippen LogP contribution in [0.1, 0.15) is 17.3 Å². The number of pyridine rings is 1. The molecule has 0 saturated carbocycles. The maximum atomic E-state index is 5.69. The van der Waals surface area contributed by atoms with Crippen molar-refractivity contribution in [2.75, 3.05) is 0 Å². The van der Waals surface area contributed by atoms with Gasteiger partial charge in [-0.15, -0.1) is 0 Å². The highest BCUT2D eigenvalue weighted by atomic mass is 79.9. The van der Waals surface area contributed by atoms with Crippen molar-refractivity contribution in [1.29, 1.82) is 0 Å². The molecule has 0 spiro atoms. The standard InChI is InChI=1S/C13H13BrN6/c14-9-1-2-10(17-6-9)5-12(19-15)11-7-18-20-4-3-16-8-13(11)20/h1-4,6-8,12,19H,5,15H2. The first-order chi connectivity index (χ1) is 9.78. The Morgan fingerprint density at radius 2 is 2.20 bits per heavy atom. The Kier molecular flexibility index (Phi) is 3.72. The number of aromatic nitrogens is 4. The Bertz CT molecular complexity index is 708. The van der Waals surface area contributed by atoms with Crippen LogP contribution in [-0.4, -0.2) is 19.6 Å². The molecule has 3 N–H and O–H groups in total. The maximum Gasteiger partial charge on any atom is 0.0893 e. The third kappa shape index (κ3) is 2.55. The molecule has 3 aromatic rings. The van der Waals surface area contributed by atoms with E-state index in [1.165, 1.54) is 0 Å². The summed E-state index contributed by atoms with van der Waals surface area (Å²) in [5.41, 5.74) is 5.73. The summed E-state index contributed by atoms with van der Waals surface area (Å²) in [4.78, 5) is 8.50. The van der Waals surface area contributed by atoms with Crippen LogP contribution < -0.4 is 11.3 Å². The number of rotatable bonds is 4. The molecule has 0 fully saturated rings. The van der Waals surface area contributed by atoms with E-state index in [-0.39, 0.29) is 6.04 Å². The average molecular weight is 333 g/mol. The van der Waals surface area contributed by atoms with E-state index in [1.807, 2.05) is 18.3 Å². The van der Waals surface area contributed by atoms with E-state index >= 15 is 0 Å². The molecule has 3 heterocycles. The second kappa shape index (κ2) is 5.66. The Labute approximate surface area is 124 Å². The van der Waals surface area contributed by atoms with Crippen molar-refractivity contribution >= 4 is 21.4 Å². The van der Waals surface area contributed by atoms with Gasteiger partial charge in [-0.05, 0) is 28.1 Å². The molecule has 0 saturated heterocycles. The molecule has 0 bridgehead atoms. The van der Waals surface area contributed by atoms with E-state index in [4.69, 9.17) is 5.84 Å². The maximum absolute atomic E-state index is 5.69. The summed E-state index contributed by atoms with van der Waals surface area (Å²) in [5, 5.41) is 4.30. The predicted octanol–water partition coefficient (Wildman–Crippen LogP) is 1.63. The number of hydrogen-bond acceptors (Lipinski definition) is 5. The molecule has 0 aliphatic carbocycles. The highest BCUT2D eigenvalue weighted by Gasteiger charge is 2.16. The Hall–Kier alpha value is -1.83. The molecule has 0 radical (unpaired) electrons. The van der Waals surface area contributed by atoms with E-state index < -0.39 is 0 Å². The fourth-order valence-electron chi connectivity index (χ4n) is 2.12. The molecule has 0 aliphatic rings. The minimum Gasteiger partial charge on any atom is -0.271 e. The summed E-state index contributed by atoms with van der Waals surface area (Å²) >= 11 is 3.38. The molecule has 7 heteroatoms. The van der Waals surface area contributed by atoms with Gasteiger partial charge in [0.15, 0.2) is 0 Å². The minimum absolute atomic E-state index is 0.0645. The molecular formula is C13H13BrN6. The highest BCUT2D eigenvalue weighted by Crippen LogP contribution is 2.21. The first-order valence-corrected chi connectivity index (χ1v) is 6.91. The van der Waals surface area contributed by atoms with Crippen molar-refractivity contribution in [1.82, 2.24) is 25.0 Å². The average Bonchev–Trinajstić information content (AvgIpc) is 2.91. The second-order valence-electron chi connectivity index (χ2n) is 4.40. The van der Waals surface area contributed by atoms with Crippen molar-refractivity contribution in [3.63, 3.8) is 0 Å². The largest absolute Gasteiger partial charge is 0.271 e. The number of nitrogens with one attached hydrogen (secondary N) is 1. The first-order valence-electron chi connectivity index (χ1n) is 6.12. The molecule has 0 aliphatic heterocycles. The SMILES string of the molecule is NNC(Cc1ccc(Br)cn1)c1cnn2ccncc12. The minimum atomic E-state index is -0.0645. The molecule has 102 valence electrons. The van der Waals surface area contributed by atoms with Crippen molar-refractivity contribution in [2.45, 2.75) is 12.5 Å². The van der Waals surface area contributed by atoms with Gasteiger partial charge < -0.3 is 0 Å². The van der Waals surface area contributed by atoms with Crippen LogP contribution >= 0.6 is 15.9 Å². The van der Waals surface area contributed by atoms with Gasteiger partial charge >= 0.3 is 0 Å². The lowest BCUT2D eigenvalue weighted by Crippen LogP contribution is -2.29. The van der Waals surface area contributed by atoms with Gasteiger partial charge in [-0.3, -0.25) is 21.2 Å². The van der Waals surface area contributed by atoms with Crippen LogP contribution in [0, 0.1) is 0 Å². The summed E-state index contributed by atoms with van der Waals surface area (Å²) in [6.45, 7) is 0. The number of hydrazine groups is 1. The molecule has 0 aromatic carbocycles. The van der Waals surface area contributed by atoms with Gasteiger partial charge in [0.25, 0.3) is 0 Å². The first kappa shape index (κ1) is 13.2. The Morgan fingerprint density at radius 3 is 2.95 bits per heavy atom. The fourth-order valence-corrected chi connectivity index (χ4v) is 2.35. The molecule has 3 rings (SSSR count). The van der Waals surface area contributed by atoms with Gasteiger partial charge in [0.1, 0.15) is 0 Å². The van der Waals surface area contributed by atoms with Crippen LogP contribution in [0.5, 0.6) is 0 Å². The molecule has 1 unspecified atom stereocenters. The zero-order chi connectivity index (χ0) is 13.9. The normalized spacial score (nSPS) is 12.7. The van der Waals surface area contributed by atoms with E-state index in [2.05, 4.69) is 36.4 Å². The van der Waals surface area contributed by atoms with Gasteiger partial charge in [0, 0.05) is 40.7 Å². The Morgan fingerprint density at radius 1 is 1.30 bits per heavy atom. The molecule has 3 aromatic heterocycles. The van der Waals surface area contributed by atoms with E-state index in [0.717, 1.165) is 21.2 Å². The van der Waals surface area contributed by atoms with Crippen molar-refractivity contribution in [3.05, 3.63) is 58.8 Å². The molecule has 0 amide bonds. The second-order valence-corrected chi connectivity index (χ2v) is 5.31. The number of halogens is 1. The van der Waals surface area contributed by atoms with Crippen LogP contribution in [0.4, 0.5) is 0 Å². The summed E-state index contributed by atoms with van der Waals surface area (Å²) in [6, 6.07) is 3.87. The van der Waals surface area contributed by atoms with Gasteiger partial charge in [0.2, 0.25) is 0 Å². The topological polar surface area (TPSA) is 81.1 Å². The van der Waals surface area contributed by atoms with Crippen LogP contribution in [0.2, 0.25) is 0 Å². The van der Waals surface area contributed by atoms with Crippen LogP contribution in [0.3, 0.4) is 0 Å². The molecule has 20 heavy (non-hydrogen) atoms. The highest BCUT2D eigenvalue weighted by molar-refractivity contribution is 9.10. The number of hydrogen-bond donors (Lipinski definition) is 2. The quantitative estimate of drug-likeness (QED) is 0.560. The molecule has 1 atom stereocenters. The third-order valence-corrected chi connectivity index (χ3v) is 3.60. The zero-order valence-corrected chi connectivity index (χ0v) is 12.2. The summed E-state index contributed by atoms with van der Waals surface area (Å²) in [5.74, 6) is 5.69.